The van der Waals surface area contributed by atoms with Crippen molar-refractivity contribution in [1.29, 1.82) is 0 Å². The van der Waals surface area contributed by atoms with Crippen molar-refractivity contribution < 1.29 is 19.7 Å². The molecule has 0 radical (unpaired) electrons. The molecule has 22 heavy (non-hydrogen) atoms. The Labute approximate surface area is 136 Å². The van der Waals surface area contributed by atoms with Gasteiger partial charge in [0.25, 0.3) is 0 Å². The van der Waals surface area contributed by atoms with Crippen LogP contribution >= 0.6 is 0 Å². The third-order valence-corrected chi connectivity index (χ3v) is 4.45. The second kappa shape index (κ2) is 13.3. The summed E-state index contributed by atoms with van der Waals surface area (Å²) in [5.41, 5.74) is 0. The van der Waals surface area contributed by atoms with E-state index in [1.165, 1.54) is 57.8 Å². The third-order valence-electron chi connectivity index (χ3n) is 4.45. The molecular formula is C18H36O4. The van der Waals surface area contributed by atoms with Gasteiger partial charge in [0.05, 0.1) is 12.7 Å². The van der Waals surface area contributed by atoms with E-state index in [2.05, 4.69) is 6.92 Å². The number of hydrogen-bond acceptors (Lipinski definition) is 4. The predicted molar refractivity (Wildman–Crippen MR) is 89.0 cm³/mol. The first-order valence-electron chi connectivity index (χ1n) is 9.31. The van der Waals surface area contributed by atoms with Gasteiger partial charge < -0.3 is 19.7 Å². The second-order valence-corrected chi connectivity index (χ2v) is 6.47. The van der Waals surface area contributed by atoms with E-state index in [0.717, 1.165) is 6.42 Å². The maximum atomic E-state index is 9.82. The zero-order valence-electron chi connectivity index (χ0n) is 14.3. The molecule has 0 aliphatic carbocycles. The Morgan fingerprint density at radius 1 is 0.955 bits per heavy atom. The first kappa shape index (κ1) is 19.9. The fraction of sp³-hybridized carbons (Fsp3) is 1.00. The summed E-state index contributed by atoms with van der Waals surface area (Å²) in [5.74, 6) is 0. The van der Waals surface area contributed by atoms with Crippen molar-refractivity contribution in [2.45, 2.75) is 95.9 Å². The fourth-order valence-corrected chi connectivity index (χ4v) is 3.06. The van der Waals surface area contributed by atoms with E-state index >= 15 is 0 Å². The quantitative estimate of drug-likeness (QED) is 0.482. The van der Waals surface area contributed by atoms with Gasteiger partial charge in [0, 0.05) is 13.2 Å². The van der Waals surface area contributed by atoms with Crippen molar-refractivity contribution in [2.75, 3.05) is 19.8 Å². The number of ether oxygens (including phenoxy) is 2. The van der Waals surface area contributed by atoms with Crippen LogP contribution in [0.2, 0.25) is 0 Å². The molecule has 132 valence electrons. The molecule has 0 bridgehead atoms. The molecule has 4 nitrogen and oxygen atoms in total. The van der Waals surface area contributed by atoms with E-state index in [9.17, 15) is 5.11 Å². The maximum absolute atomic E-state index is 9.82. The van der Waals surface area contributed by atoms with Gasteiger partial charge in [-0.25, -0.2) is 0 Å². The SMILES string of the molecule is CCCCCCCCCCCCO[C@@H]1[C@@H](O)CO[C@@H]1CCO. The van der Waals surface area contributed by atoms with Gasteiger partial charge in [-0.15, -0.1) is 0 Å². The molecule has 4 heteroatoms. The summed E-state index contributed by atoms with van der Waals surface area (Å²) >= 11 is 0. The molecule has 0 aromatic heterocycles. The van der Waals surface area contributed by atoms with Crippen molar-refractivity contribution in [3.8, 4) is 0 Å². The van der Waals surface area contributed by atoms with Gasteiger partial charge in [-0.05, 0) is 12.8 Å². The summed E-state index contributed by atoms with van der Waals surface area (Å²) in [6.07, 6.45) is 12.7. The monoisotopic (exact) mass is 316 g/mol. The van der Waals surface area contributed by atoms with Crippen LogP contribution in [0.4, 0.5) is 0 Å². The van der Waals surface area contributed by atoms with Crippen LogP contribution in [-0.4, -0.2) is 48.3 Å². The molecule has 0 saturated carbocycles. The van der Waals surface area contributed by atoms with Gasteiger partial charge in [0.2, 0.25) is 0 Å². The first-order valence-corrected chi connectivity index (χ1v) is 9.31. The molecule has 1 aliphatic heterocycles. The lowest BCUT2D eigenvalue weighted by Gasteiger charge is -2.20. The summed E-state index contributed by atoms with van der Waals surface area (Å²) in [7, 11) is 0. The summed E-state index contributed by atoms with van der Waals surface area (Å²) < 4.78 is 11.2. The molecule has 1 fully saturated rings. The van der Waals surface area contributed by atoms with Gasteiger partial charge in [-0.2, -0.15) is 0 Å². The number of unbranched alkanes of at least 4 members (excludes halogenated alkanes) is 9. The molecule has 2 N–H and O–H groups in total. The summed E-state index contributed by atoms with van der Waals surface area (Å²) in [6.45, 7) is 3.34. The normalized spacial score (nSPS) is 25.0. The van der Waals surface area contributed by atoms with Gasteiger partial charge in [0.1, 0.15) is 12.2 Å². The molecule has 1 saturated heterocycles. The number of hydrogen-bond donors (Lipinski definition) is 2. The highest BCUT2D eigenvalue weighted by Crippen LogP contribution is 2.21. The lowest BCUT2D eigenvalue weighted by Crippen LogP contribution is -2.34. The maximum Gasteiger partial charge on any atom is 0.112 e. The predicted octanol–water partition coefficient (Wildman–Crippen LogP) is 3.43. The molecule has 0 aromatic rings. The van der Waals surface area contributed by atoms with E-state index in [0.29, 0.717) is 19.6 Å². The van der Waals surface area contributed by atoms with Crippen molar-refractivity contribution in [1.82, 2.24) is 0 Å². The van der Waals surface area contributed by atoms with Crippen LogP contribution in [0.15, 0.2) is 0 Å². The van der Waals surface area contributed by atoms with E-state index in [1.807, 2.05) is 0 Å². The molecule has 0 spiro atoms. The van der Waals surface area contributed by atoms with Crippen LogP contribution in [0.25, 0.3) is 0 Å². The Morgan fingerprint density at radius 2 is 1.55 bits per heavy atom. The molecule has 0 unspecified atom stereocenters. The summed E-state index contributed by atoms with van der Waals surface area (Å²) in [6, 6.07) is 0. The van der Waals surface area contributed by atoms with Gasteiger partial charge in [-0.3, -0.25) is 0 Å². The molecule has 1 aliphatic rings. The third kappa shape index (κ3) is 8.47. The minimum atomic E-state index is -0.542. The largest absolute Gasteiger partial charge is 0.396 e. The highest BCUT2D eigenvalue weighted by molar-refractivity contribution is 4.84. The first-order chi connectivity index (χ1) is 10.8. The van der Waals surface area contributed by atoms with Crippen LogP contribution in [-0.2, 0) is 9.47 Å². The van der Waals surface area contributed by atoms with Crippen molar-refractivity contribution in [2.24, 2.45) is 0 Å². The van der Waals surface area contributed by atoms with E-state index in [4.69, 9.17) is 14.6 Å². The Kier molecular flexibility index (Phi) is 12.0. The molecular weight excluding hydrogens is 280 g/mol. The van der Waals surface area contributed by atoms with Crippen LogP contribution in [0.5, 0.6) is 0 Å². The lowest BCUT2D eigenvalue weighted by molar-refractivity contribution is -0.0442. The van der Waals surface area contributed by atoms with Crippen LogP contribution in [0, 0.1) is 0 Å². The molecule has 1 heterocycles. The second-order valence-electron chi connectivity index (χ2n) is 6.47. The molecule has 3 atom stereocenters. The number of rotatable bonds is 14. The zero-order chi connectivity index (χ0) is 16.0. The summed E-state index contributed by atoms with van der Waals surface area (Å²) in [4.78, 5) is 0. The summed E-state index contributed by atoms with van der Waals surface area (Å²) in [5, 5.41) is 18.8. The van der Waals surface area contributed by atoms with Gasteiger partial charge in [0.15, 0.2) is 0 Å². The topological polar surface area (TPSA) is 58.9 Å². The van der Waals surface area contributed by atoms with Crippen molar-refractivity contribution in [3.05, 3.63) is 0 Å². The van der Waals surface area contributed by atoms with Crippen LogP contribution in [0.3, 0.4) is 0 Å². The molecule has 0 aromatic carbocycles. The average molecular weight is 316 g/mol. The lowest BCUT2D eigenvalue weighted by atomic mass is 10.1. The van der Waals surface area contributed by atoms with Crippen molar-refractivity contribution in [3.63, 3.8) is 0 Å². The Bertz CT molecular complexity index is 245. The van der Waals surface area contributed by atoms with Gasteiger partial charge >= 0.3 is 0 Å². The highest BCUT2D eigenvalue weighted by atomic mass is 16.6. The Balaban J connectivity index is 1.90. The minimum Gasteiger partial charge on any atom is -0.396 e. The Morgan fingerprint density at radius 3 is 2.14 bits per heavy atom. The van der Waals surface area contributed by atoms with Gasteiger partial charge in [-0.1, -0.05) is 64.7 Å². The Hall–Kier alpha value is -0.160. The zero-order valence-corrected chi connectivity index (χ0v) is 14.3. The van der Waals surface area contributed by atoms with Crippen LogP contribution in [0.1, 0.15) is 77.6 Å². The van der Waals surface area contributed by atoms with Crippen molar-refractivity contribution >= 4 is 0 Å². The van der Waals surface area contributed by atoms with E-state index in [1.54, 1.807) is 0 Å². The highest BCUT2D eigenvalue weighted by Gasteiger charge is 2.36. The van der Waals surface area contributed by atoms with E-state index in [-0.39, 0.29) is 18.8 Å². The fourth-order valence-electron chi connectivity index (χ4n) is 3.06. The number of aliphatic hydroxyl groups excluding tert-OH is 2. The van der Waals surface area contributed by atoms with E-state index < -0.39 is 6.10 Å². The standard InChI is InChI=1S/C18H36O4/c1-2-3-4-5-6-7-8-9-10-11-14-21-18-16(20)15-22-17(18)12-13-19/h16-20H,2-15H2,1H3/t16-,17+,18+/m0/s1. The average Bonchev–Trinajstić information content (AvgIpc) is 2.86. The molecule has 1 rings (SSSR count). The molecule has 0 amide bonds. The smallest absolute Gasteiger partial charge is 0.112 e. The number of aliphatic hydroxyl groups is 2. The van der Waals surface area contributed by atoms with Crippen LogP contribution < -0.4 is 0 Å². The minimum absolute atomic E-state index is 0.0789.